The second kappa shape index (κ2) is 8.88. The summed E-state index contributed by atoms with van der Waals surface area (Å²) in [6.07, 6.45) is 2.27. The molecule has 32 heavy (non-hydrogen) atoms. The number of aromatic nitrogens is 2. The number of rotatable bonds is 6. The molecule has 0 saturated heterocycles. The Balaban J connectivity index is 1.71. The van der Waals surface area contributed by atoms with Gasteiger partial charge in [-0.05, 0) is 48.9 Å². The first-order chi connectivity index (χ1) is 15.4. The van der Waals surface area contributed by atoms with E-state index in [9.17, 15) is 14.9 Å². The third kappa shape index (κ3) is 4.24. The number of nitro benzene ring substituents is 1. The van der Waals surface area contributed by atoms with Crippen molar-refractivity contribution in [1.82, 2.24) is 9.66 Å². The number of furan rings is 1. The molecule has 0 aliphatic heterocycles. The molecule has 0 N–H and O–H groups in total. The topological polar surface area (TPSA) is 104 Å². The van der Waals surface area contributed by atoms with E-state index in [1.807, 2.05) is 26.0 Å². The van der Waals surface area contributed by atoms with Gasteiger partial charge in [0.25, 0.3) is 11.2 Å². The molecule has 0 radical (unpaired) electrons. The highest BCUT2D eigenvalue weighted by molar-refractivity contribution is 9.10. The van der Waals surface area contributed by atoms with Gasteiger partial charge < -0.3 is 4.42 Å². The van der Waals surface area contributed by atoms with Gasteiger partial charge >= 0.3 is 0 Å². The second-order valence-corrected chi connectivity index (χ2v) is 8.22. The zero-order valence-electron chi connectivity index (χ0n) is 17.4. The van der Waals surface area contributed by atoms with Crippen LogP contribution in [-0.2, 0) is 0 Å². The standard InChI is InChI=1S/C23H19BrN4O4/c1-3-14(2)22-26-20-10-6-16(24)12-19(20)23(29)27(22)25-13-18-9-11-21(32-18)15-4-7-17(8-5-15)28(30)31/h4-14H,3H2,1-2H3/t14-/m0/s1. The molecule has 2 heterocycles. The summed E-state index contributed by atoms with van der Waals surface area (Å²) >= 11 is 3.40. The lowest BCUT2D eigenvalue weighted by molar-refractivity contribution is -0.384. The molecule has 0 unspecified atom stereocenters. The number of fused-ring (bicyclic) bond motifs is 1. The van der Waals surface area contributed by atoms with Crippen LogP contribution in [0.15, 0.2) is 73.4 Å². The summed E-state index contributed by atoms with van der Waals surface area (Å²) in [5.41, 5.74) is 1.07. The van der Waals surface area contributed by atoms with Gasteiger partial charge in [0.05, 0.1) is 22.0 Å². The largest absolute Gasteiger partial charge is 0.455 e. The van der Waals surface area contributed by atoms with E-state index in [1.165, 1.54) is 23.0 Å². The van der Waals surface area contributed by atoms with Crippen molar-refractivity contribution in [2.24, 2.45) is 5.10 Å². The Labute approximate surface area is 191 Å². The predicted octanol–water partition coefficient (Wildman–Crippen LogP) is 5.72. The second-order valence-electron chi connectivity index (χ2n) is 7.31. The Hall–Kier alpha value is -3.59. The van der Waals surface area contributed by atoms with Gasteiger partial charge in [-0.15, -0.1) is 0 Å². The summed E-state index contributed by atoms with van der Waals surface area (Å²) in [5, 5.41) is 15.7. The fourth-order valence-electron chi connectivity index (χ4n) is 3.22. The zero-order chi connectivity index (χ0) is 22.8. The average Bonchev–Trinajstić information content (AvgIpc) is 3.27. The van der Waals surface area contributed by atoms with Crippen LogP contribution in [0.2, 0.25) is 0 Å². The number of halogens is 1. The fraction of sp³-hybridized carbons (Fsp3) is 0.174. The molecule has 1 atom stereocenters. The number of nitro groups is 1. The van der Waals surface area contributed by atoms with Crippen molar-refractivity contribution >= 4 is 38.7 Å². The average molecular weight is 495 g/mol. The van der Waals surface area contributed by atoms with Gasteiger partial charge in [-0.3, -0.25) is 14.9 Å². The van der Waals surface area contributed by atoms with Crippen LogP contribution in [0.25, 0.3) is 22.2 Å². The number of benzene rings is 2. The van der Waals surface area contributed by atoms with Gasteiger partial charge in [0, 0.05) is 28.1 Å². The van der Waals surface area contributed by atoms with E-state index in [1.54, 1.807) is 30.3 Å². The molecule has 8 nitrogen and oxygen atoms in total. The Morgan fingerprint density at radius 2 is 1.97 bits per heavy atom. The van der Waals surface area contributed by atoms with Gasteiger partial charge in [-0.25, -0.2) is 4.98 Å². The molecule has 4 aromatic rings. The van der Waals surface area contributed by atoms with Crippen molar-refractivity contribution in [3.63, 3.8) is 0 Å². The molecule has 0 spiro atoms. The summed E-state index contributed by atoms with van der Waals surface area (Å²) in [7, 11) is 0. The Morgan fingerprint density at radius 3 is 2.66 bits per heavy atom. The van der Waals surface area contributed by atoms with Crippen LogP contribution >= 0.6 is 15.9 Å². The molecule has 9 heteroatoms. The van der Waals surface area contributed by atoms with Crippen molar-refractivity contribution in [2.45, 2.75) is 26.2 Å². The first-order valence-electron chi connectivity index (χ1n) is 9.98. The Morgan fingerprint density at radius 1 is 1.22 bits per heavy atom. The number of non-ortho nitro benzene ring substituents is 1. The number of nitrogens with zero attached hydrogens (tertiary/aromatic N) is 4. The molecule has 2 aromatic heterocycles. The van der Waals surface area contributed by atoms with Crippen LogP contribution in [0, 0.1) is 10.1 Å². The molecule has 0 bridgehead atoms. The van der Waals surface area contributed by atoms with Gasteiger partial charge in [-0.2, -0.15) is 9.78 Å². The van der Waals surface area contributed by atoms with Gasteiger partial charge in [0.2, 0.25) is 0 Å². The van der Waals surface area contributed by atoms with Crippen LogP contribution in [-0.4, -0.2) is 20.8 Å². The van der Waals surface area contributed by atoms with Crippen LogP contribution < -0.4 is 5.56 Å². The lowest BCUT2D eigenvalue weighted by Gasteiger charge is -2.13. The summed E-state index contributed by atoms with van der Waals surface area (Å²) in [6, 6.07) is 14.9. The first kappa shape index (κ1) is 21.6. The number of hydrogen-bond donors (Lipinski definition) is 0. The van der Waals surface area contributed by atoms with E-state index in [-0.39, 0.29) is 17.2 Å². The minimum absolute atomic E-state index is 0.00878. The van der Waals surface area contributed by atoms with Crippen molar-refractivity contribution < 1.29 is 9.34 Å². The van der Waals surface area contributed by atoms with Gasteiger partial charge in [-0.1, -0.05) is 29.8 Å². The van der Waals surface area contributed by atoms with Crippen LogP contribution in [0.4, 0.5) is 5.69 Å². The molecule has 0 aliphatic rings. The molecule has 2 aromatic carbocycles. The summed E-state index contributed by atoms with van der Waals surface area (Å²) in [4.78, 5) is 28.2. The Bertz CT molecular complexity index is 1390. The van der Waals surface area contributed by atoms with Crippen LogP contribution in [0.5, 0.6) is 0 Å². The molecule has 162 valence electrons. The summed E-state index contributed by atoms with van der Waals surface area (Å²) < 4.78 is 7.91. The maximum absolute atomic E-state index is 13.2. The van der Waals surface area contributed by atoms with E-state index < -0.39 is 4.92 Å². The van der Waals surface area contributed by atoms with Crippen LogP contribution in [0.1, 0.15) is 37.8 Å². The molecule has 0 fully saturated rings. The van der Waals surface area contributed by atoms with E-state index in [0.717, 1.165) is 10.9 Å². The highest BCUT2D eigenvalue weighted by Gasteiger charge is 2.16. The zero-order valence-corrected chi connectivity index (χ0v) is 18.9. The van der Waals surface area contributed by atoms with Gasteiger partial charge in [0.1, 0.15) is 17.3 Å². The quantitative estimate of drug-likeness (QED) is 0.193. The molecular formula is C23H19BrN4O4. The monoisotopic (exact) mass is 494 g/mol. The Kier molecular flexibility index (Phi) is 6.00. The molecule has 0 saturated carbocycles. The maximum atomic E-state index is 13.2. The highest BCUT2D eigenvalue weighted by Crippen LogP contribution is 2.24. The van der Waals surface area contributed by atoms with Crippen molar-refractivity contribution in [3.05, 3.63) is 91.1 Å². The van der Waals surface area contributed by atoms with E-state index in [2.05, 4.69) is 26.0 Å². The third-order valence-corrected chi connectivity index (χ3v) is 5.67. The first-order valence-corrected chi connectivity index (χ1v) is 10.8. The summed E-state index contributed by atoms with van der Waals surface area (Å²) in [6.45, 7) is 4.03. The lowest BCUT2D eigenvalue weighted by Crippen LogP contribution is -2.23. The van der Waals surface area contributed by atoms with E-state index in [4.69, 9.17) is 4.42 Å². The predicted molar refractivity (Wildman–Crippen MR) is 126 cm³/mol. The summed E-state index contributed by atoms with van der Waals surface area (Å²) in [5.74, 6) is 1.58. The molecule has 0 aliphatic carbocycles. The third-order valence-electron chi connectivity index (χ3n) is 5.18. The lowest BCUT2D eigenvalue weighted by atomic mass is 10.1. The molecule has 0 amide bonds. The minimum atomic E-state index is -0.452. The maximum Gasteiger partial charge on any atom is 0.282 e. The fourth-order valence-corrected chi connectivity index (χ4v) is 3.58. The van der Waals surface area contributed by atoms with Crippen molar-refractivity contribution in [2.75, 3.05) is 0 Å². The van der Waals surface area contributed by atoms with E-state index in [0.29, 0.717) is 33.8 Å². The SMILES string of the molecule is CC[C@H](C)c1nc2ccc(Br)cc2c(=O)n1N=Cc1ccc(-c2ccc([N+](=O)[O-])cc2)o1. The minimum Gasteiger partial charge on any atom is -0.455 e. The van der Waals surface area contributed by atoms with E-state index >= 15 is 0 Å². The molecule has 4 rings (SSSR count). The highest BCUT2D eigenvalue weighted by atomic mass is 79.9. The van der Waals surface area contributed by atoms with Crippen molar-refractivity contribution in [1.29, 1.82) is 0 Å². The smallest absolute Gasteiger partial charge is 0.282 e. The van der Waals surface area contributed by atoms with Crippen LogP contribution in [0.3, 0.4) is 0 Å². The molecular weight excluding hydrogens is 476 g/mol. The normalized spacial score (nSPS) is 12.5. The number of hydrogen-bond acceptors (Lipinski definition) is 6. The van der Waals surface area contributed by atoms with Crippen molar-refractivity contribution in [3.8, 4) is 11.3 Å². The van der Waals surface area contributed by atoms with Gasteiger partial charge in [0.15, 0.2) is 0 Å².